The predicted octanol–water partition coefficient (Wildman–Crippen LogP) is 1.32. The summed E-state index contributed by atoms with van der Waals surface area (Å²) in [5.74, 6) is 0.396. The smallest absolute Gasteiger partial charge is 0.321 e. The van der Waals surface area contributed by atoms with Gasteiger partial charge in [0, 0.05) is 13.0 Å². The van der Waals surface area contributed by atoms with Crippen molar-refractivity contribution >= 4 is 11.2 Å². The number of hydrogen-bond acceptors (Lipinski definition) is 6. The van der Waals surface area contributed by atoms with Gasteiger partial charge in [0.1, 0.15) is 18.3 Å². The van der Waals surface area contributed by atoms with Crippen molar-refractivity contribution in [2.75, 3.05) is 26.8 Å². The van der Waals surface area contributed by atoms with Gasteiger partial charge in [-0.3, -0.25) is 4.90 Å². The summed E-state index contributed by atoms with van der Waals surface area (Å²) in [7, 11) is 1.54. The van der Waals surface area contributed by atoms with E-state index >= 15 is 0 Å². The number of alkyl halides is 1. The van der Waals surface area contributed by atoms with E-state index in [1.165, 1.54) is 13.4 Å². The van der Waals surface area contributed by atoms with Crippen LogP contribution in [0.1, 0.15) is 19.3 Å². The lowest BCUT2D eigenvalue weighted by Gasteiger charge is -2.30. The minimum atomic E-state index is -0.770. The van der Waals surface area contributed by atoms with Crippen LogP contribution in [0.5, 0.6) is 11.9 Å². The van der Waals surface area contributed by atoms with Crippen LogP contribution in [0.4, 0.5) is 4.39 Å². The molecule has 2 fully saturated rings. The summed E-state index contributed by atoms with van der Waals surface area (Å²) in [5, 5.41) is 0. The molecule has 2 aliphatic rings. The van der Waals surface area contributed by atoms with Gasteiger partial charge in [0.05, 0.1) is 19.0 Å². The minimum Gasteiger partial charge on any atom is -0.479 e. The lowest BCUT2D eigenvalue weighted by Crippen LogP contribution is -2.43. The summed E-state index contributed by atoms with van der Waals surface area (Å²) in [6, 6.07) is 0.222. The van der Waals surface area contributed by atoms with E-state index in [0.29, 0.717) is 36.6 Å². The number of hydrogen-bond donors (Lipinski definition) is 1. The summed E-state index contributed by atoms with van der Waals surface area (Å²) < 4.78 is 24.8. The van der Waals surface area contributed by atoms with Crippen LogP contribution in [0.2, 0.25) is 0 Å². The molecule has 0 aliphatic carbocycles. The van der Waals surface area contributed by atoms with Crippen molar-refractivity contribution in [1.82, 2.24) is 24.8 Å². The largest absolute Gasteiger partial charge is 0.479 e. The molecule has 2 saturated heterocycles. The monoisotopic (exact) mass is 307 g/mol. The van der Waals surface area contributed by atoms with Gasteiger partial charge >= 0.3 is 6.01 Å². The molecule has 2 aliphatic heterocycles. The molecule has 8 heteroatoms. The van der Waals surface area contributed by atoms with Crippen molar-refractivity contribution in [3.63, 3.8) is 0 Å². The maximum Gasteiger partial charge on any atom is 0.321 e. The molecule has 0 saturated carbocycles. The first kappa shape index (κ1) is 13.7. The molecule has 7 nitrogen and oxygen atoms in total. The molecule has 22 heavy (non-hydrogen) atoms. The van der Waals surface area contributed by atoms with Gasteiger partial charge in [0.25, 0.3) is 0 Å². The SMILES string of the molecule is COc1nc(OC[C@@]23CCCN2C[C@H](F)C3)nc2nc[nH]c12. The highest BCUT2D eigenvalue weighted by Crippen LogP contribution is 2.40. The summed E-state index contributed by atoms with van der Waals surface area (Å²) >= 11 is 0. The van der Waals surface area contributed by atoms with E-state index in [4.69, 9.17) is 9.47 Å². The Labute approximate surface area is 126 Å². The van der Waals surface area contributed by atoms with Crippen LogP contribution in [-0.2, 0) is 0 Å². The van der Waals surface area contributed by atoms with Gasteiger partial charge in [-0.15, -0.1) is 0 Å². The Morgan fingerprint density at radius 2 is 2.41 bits per heavy atom. The molecule has 0 aromatic carbocycles. The van der Waals surface area contributed by atoms with Crippen molar-refractivity contribution in [2.24, 2.45) is 0 Å². The first-order valence-electron chi connectivity index (χ1n) is 7.47. The molecule has 2 atom stereocenters. The quantitative estimate of drug-likeness (QED) is 0.918. The Hall–Kier alpha value is -1.96. The van der Waals surface area contributed by atoms with Crippen molar-refractivity contribution in [3.05, 3.63) is 6.33 Å². The number of ether oxygens (including phenoxy) is 2. The van der Waals surface area contributed by atoms with E-state index in [9.17, 15) is 4.39 Å². The third-order valence-corrected chi connectivity index (χ3v) is 4.66. The number of H-pyrrole nitrogens is 1. The molecule has 0 unspecified atom stereocenters. The van der Waals surface area contributed by atoms with Crippen LogP contribution in [0, 0.1) is 0 Å². The molecular weight excluding hydrogens is 289 g/mol. The Morgan fingerprint density at radius 1 is 1.50 bits per heavy atom. The van der Waals surface area contributed by atoms with E-state index in [-0.39, 0.29) is 11.5 Å². The molecule has 0 spiro atoms. The fourth-order valence-corrected chi connectivity index (χ4v) is 3.65. The van der Waals surface area contributed by atoms with Gasteiger partial charge in [0.15, 0.2) is 5.65 Å². The van der Waals surface area contributed by atoms with Crippen molar-refractivity contribution < 1.29 is 13.9 Å². The first-order valence-corrected chi connectivity index (χ1v) is 7.47. The summed E-state index contributed by atoms with van der Waals surface area (Å²) in [6.45, 7) is 1.84. The van der Waals surface area contributed by atoms with E-state index in [1.807, 2.05) is 0 Å². The van der Waals surface area contributed by atoms with Crippen molar-refractivity contribution in [3.8, 4) is 11.9 Å². The van der Waals surface area contributed by atoms with E-state index in [0.717, 1.165) is 19.4 Å². The van der Waals surface area contributed by atoms with Crippen LogP contribution in [0.3, 0.4) is 0 Å². The van der Waals surface area contributed by atoms with Gasteiger partial charge in [-0.1, -0.05) is 0 Å². The molecule has 2 aromatic rings. The minimum absolute atomic E-state index is 0.212. The van der Waals surface area contributed by atoms with Gasteiger partial charge in [-0.05, 0) is 19.4 Å². The van der Waals surface area contributed by atoms with Crippen LogP contribution in [-0.4, -0.2) is 63.4 Å². The lowest BCUT2D eigenvalue weighted by molar-refractivity contribution is 0.107. The zero-order valence-electron chi connectivity index (χ0n) is 12.4. The van der Waals surface area contributed by atoms with Crippen molar-refractivity contribution in [2.45, 2.75) is 31.0 Å². The molecule has 2 aromatic heterocycles. The number of rotatable bonds is 4. The maximum absolute atomic E-state index is 13.7. The second kappa shape index (κ2) is 5.05. The van der Waals surface area contributed by atoms with Gasteiger partial charge < -0.3 is 14.5 Å². The van der Waals surface area contributed by atoms with E-state index in [2.05, 4.69) is 24.8 Å². The Balaban J connectivity index is 1.56. The van der Waals surface area contributed by atoms with Crippen LogP contribution >= 0.6 is 0 Å². The topological polar surface area (TPSA) is 76.2 Å². The Bertz CT molecular complexity index is 693. The Kier molecular flexibility index (Phi) is 3.14. The number of halogens is 1. The zero-order chi connectivity index (χ0) is 15.2. The van der Waals surface area contributed by atoms with Crippen molar-refractivity contribution in [1.29, 1.82) is 0 Å². The second-order valence-electron chi connectivity index (χ2n) is 5.98. The Morgan fingerprint density at radius 3 is 3.27 bits per heavy atom. The van der Waals surface area contributed by atoms with Gasteiger partial charge in [-0.25, -0.2) is 9.37 Å². The highest BCUT2D eigenvalue weighted by Gasteiger charge is 2.49. The summed E-state index contributed by atoms with van der Waals surface area (Å²) in [5.41, 5.74) is 0.925. The van der Waals surface area contributed by atoms with Gasteiger partial charge in [0.2, 0.25) is 5.88 Å². The molecule has 1 N–H and O–H groups in total. The molecule has 0 radical (unpaired) electrons. The number of methoxy groups -OCH3 is 1. The number of imidazole rings is 1. The fraction of sp³-hybridized carbons (Fsp3) is 0.643. The van der Waals surface area contributed by atoms with E-state index < -0.39 is 6.17 Å². The number of nitrogens with zero attached hydrogens (tertiary/aromatic N) is 4. The first-order chi connectivity index (χ1) is 10.7. The molecule has 0 bridgehead atoms. The van der Waals surface area contributed by atoms with Crippen LogP contribution in [0.15, 0.2) is 6.33 Å². The molecule has 118 valence electrons. The highest BCUT2D eigenvalue weighted by atomic mass is 19.1. The zero-order valence-corrected chi connectivity index (χ0v) is 12.4. The number of aromatic amines is 1. The summed E-state index contributed by atoms with van der Waals surface area (Å²) in [6.07, 6.45) is 3.32. The summed E-state index contributed by atoms with van der Waals surface area (Å²) in [4.78, 5) is 17.7. The molecule has 0 amide bonds. The highest BCUT2D eigenvalue weighted by molar-refractivity contribution is 5.75. The van der Waals surface area contributed by atoms with E-state index in [1.54, 1.807) is 0 Å². The standard InChI is InChI=1S/C14H18FN5O2/c1-21-12-10-11(17-8-16-10)18-13(19-12)22-7-14-3-2-4-20(14)6-9(15)5-14/h8-9H,2-7H2,1H3,(H,16,17,18,19)/t9-,14+/m1/s1. The normalized spacial score (nSPS) is 28.2. The lowest BCUT2D eigenvalue weighted by atomic mass is 9.95. The molecule has 4 heterocycles. The maximum atomic E-state index is 13.7. The third-order valence-electron chi connectivity index (χ3n) is 4.66. The fourth-order valence-electron chi connectivity index (χ4n) is 3.65. The number of fused-ring (bicyclic) bond motifs is 2. The van der Waals surface area contributed by atoms with Crippen LogP contribution < -0.4 is 9.47 Å². The number of aromatic nitrogens is 4. The second-order valence-corrected chi connectivity index (χ2v) is 5.98. The van der Waals surface area contributed by atoms with Crippen LogP contribution in [0.25, 0.3) is 11.2 Å². The molecular formula is C14H18FN5O2. The third kappa shape index (κ3) is 2.09. The molecule has 4 rings (SSSR count). The average molecular weight is 307 g/mol. The van der Waals surface area contributed by atoms with Gasteiger partial charge in [-0.2, -0.15) is 9.97 Å². The predicted molar refractivity (Wildman–Crippen MR) is 76.8 cm³/mol. The number of nitrogens with one attached hydrogen (secondary N) is 1. The average Bonchev–Trinajstić information content (AvgIpc) is 3.17.